The van der Waals surface area contributed by atoms with Gasteiger partial charge in [-0.25, -0.2) is 9.97 Å². The van der Waals surface area contributed by atoms with Crippen molar-refractivity contribution in [3.8, 4) is 22.3 Å². The van der Waals surface area contributed by atoms with Crippen molar-refractivity contribution in [1.29, 1.82) is 0 Å². The predicted molar refractivity (Wildman–Crippen MR) is 122 cm³/mol. The molecule has 0 aliphatic rings. The number of carbonyl (C=O) groups is 1. The molecule has 0 aliphatic heterocycles. The summed E-state index contributed by atoms with van der Waals surface area (Å²) in [6.45, 7) is 0.624. The topological polar surface area (TPSA) is 82.4 Å². The number of aromatic nitrogens is 4. The highest BCUT2D eigenvalue weighted by Gasteiger charge is 2.23. The highest BCUT2D eigenvalue weighted by Crippen LogP contribution is 2.24. The molecule has 0 unspecified atom stereocenters. The molecule has 0 saturated carbocycles. The van der Waals surface area contributed by atoms with Gasteiger partial charge >= 0.3 is 0 Å². The molecular formula is C23H23N5O3S. The number of methoxy groups -OCH3 is 2. The molecule has 9 heteroatoms. The molecule has 0 radical (unpaired) electrons. The van der Waals surface area contributed by atoms with Crippen LogP contribution in [0.4, 0.5) is 0 Å². The van der Waals surface area contributed by atoms with Gasteiger partial charge in [0.25, 0.3) is 11.9 Å². The van der Waals surface area contributed by atoms with Crippen molar-refractivity contribution >= 4 is 17.2 Å². The number of rotatable bonds is 8. The van der Waals surface area contributed by atoms with Crippen molar-refractivity contribution < 1.29 is 14.3 Å². The van der Waals surface area contributed by atoms with Gasteiger partial charge in [0.05, 0.1) is 41.7 Å². The van der Waals surface area contributed by atoms with E-state index in [2.05, 4.69) is 15.1 Å². The number of amides is 1. The summed E-state index contributed by atoms with van der Waals surface area (Å²) < 4.78 is 12.2. The zero-order valence-corrected chi connectivity index (χ0v) is 18.9. The number of nitrogens with zero attached hydrogens (tertiary/aromatic N) is 5. The summed E-state index contributed by atoms with van der Waals surface area (Å²) in [5.74, 6) is 0.969. The SMILES string of the molecule is COCc1c(C(=O)N(C)Cc2cccc(OC)c2)cnn1-c1nccc(-c2cccs2)n1. The van der Waals surface area contributed by atoms with Crippen LogP contribution in [0.5, 0.6) is 5.75 Å². The van der Waals surface area contributed by atoms with E-state index in [1.165, 1.54) is 0 Å². The Labute approximate surface area is 190 Å². The standard InChI is InChI=1S/C23H23N5O3S/c1-27(14-16-6-4-7-17(12-16)31-3)22(29)18-13-25-28(20(18)15-30-2)23-24-10-9-19(26-23)21-8-5-11-32-21/h4-13H,14-15H2,1-3H3. The maximum atomic E-state index is 13.2. The van der Waals surface area contributed by atoms with Crippen LogP contribution in [0.25, 0.3) is 16.5 Å². The first-order valence-electron chi connectivity index (χ1n) is 9.92. The zero-order valence-electron chi connectivity index (χ0n) is 18.1. The average molecular weight is 450 g/mol. The van der Waals surface area contributed by atoms with Gasteiger partial charge < -0.3 is 14.4 Å². The molecule has 0 atom stereocenters. The van der Waals surface area contributed by atoms with Crippen molar-refractivity contribution in [1.82, 2.24) is 24.6 Å². The second-order valence-electron chi connectivity index (χ2n) is 7.08. The smallest absolute Gasteiger partial charge is 0.257 e. The molecule has 0 bridgehead atoms. The number of ether oxygens (including phenoxy) is 2. The van der Waals surface area contributed by atoms with Crippen molar-refractivity contribution in [3.05, 3.63) is 77.1 Å². The molecule has 3 heterocycles. The summed E-state index contributed by atoms with van der Waals surface area (Å²) >= 11 is 1.60. The van der Waals surface area contributed by atoms with Crippen LogP contribution < -0.4 is 4.74 Å². The minimum absolute atomic E-state index is 0.166. The molecule has 0 N–H and O–H groups in total. The highest BCUT2D eigenvalue weighted by molar-refractivity contribution is 7.13. The Hall–Kier alpha value is -3.56. The minimum atomic E-state index is -0.166. The van der Waals surface area contributed by atoms with Crippen LogP contribution in [0.2, 0.25) is 0 Å². The van der Waals surface area contributed by atoms with E-state index in [-0.39, 0.29) is 12.5 Å². The normalized spacial score (nSPS) is 10.8. The van der Waals surface area contributed by atoms with Gasteiger partial charge in [-0.3, -0.25) is 4.79 Å². The van der Waals surface area contributed by atoms with Crippen LogP contribution in [0, 0.1) is 0 Å². The average Bonchev–Trinajstić information content (AvgIpc) is 3.50. The lowest BCUT2D eigenvalue weighted by molar-refractivity contribution is 0.0779. The van der Waals surface area contributed by atoms with E-state index < -0.39 is 0 Å². The van der Waals surface area contributed by atoms with Gasteiger partial charge in [0.15, 0.2) is 0 Å². The Morgan fingerprint density at radius 2 is 2.06 bits per heavy atom. The Kier molecular flexibility index (Phi) is 6.58. The summed E-state index contributed by atoms with van der Waals surface area (Å²) in [7, 11) is 4.95. The Bertz CT molecular complexity index is 1210. The van der Waals surface area contributed by atoms with E-state index in [1.54, 1.807) is 54.6 Å². The summed E-state index contributed by atoms with van der Waals surface area (Å²) in [5.41, 5.74) is 2.81. The molecule has 164 valence electrons. The van der Waals surface area contributed by atoms with E-state index in [9.17, 15) is 4.79 Å². The summed E-state index contributed by atoms with van der Waals surface area (Å²) in [6, 6.07) is 13.5. The van der Waals surface area contributed by atoms with Crippen LogP contribution in [0.3, 0.4) is 0 Å². The fraction of sp³-hybridized carbons (Fsp3) is 0.217. The maximum Gasteiger partial charge on any atom is 0.257 e. The Morgan fingerprint density at radius 1 is 1.19 bits per heavy atom. The molecule has 3 aromatic heterocycles. The molecule has 1 aromatic carbocycles. The van der Waals surface area contributed by atoms with E-state index in [0.717, 1.165) is 21.9 Å². The Morgan fingerprint density at radius 3 is 2.81 bits per heavy atom. The predicted octanol–water partition coefficient (Wildman–Crippen LogP) is 3.82. The number of carbonyl (C=O) groups excluding carboxylic acids is 1. The fourth-order valence-corrected chi connectivity index (χ4v) is 4.03. The lowest BCUT2D eigenvalue weighted by Crippen LogP contribution is -2.27. The lowest BCUT2D eigenvalue weighted by Gasteiger charge is -2.18. The van der Waals surface area contributed by atoms with E-state index >= 15 is 0 Å². The second kappa shape index (κ2) is 9.71. The first kappa shape index (κ1) is 21.7. The van der Waals surface area contributed by atoms with Crippen LogP contribution in [-0.4, -0.2) is 51.8 Å². The minimum Gasteiger partial charge on any atom is -0.497 e. The largest absolute Gasteiger partial charge is 0.497 e. The van der Waals surface area contributed by atoms with E-state index in [1.807, 2.05) is 47.8 Å². The molecular weight excluding hydrogens is 426 g/mol. The van der Waals surface area contributed by atoms with Gasteiger partial charge in [-0.2, -0.15) is 9.78 Å². The maximum absolute atomic E-state index is 13.2. The van der Waals surface area contributed by atoms with E-state index in [0.29, 0.717) is 23.8 Å². The van der Waals surface area contributed by atoms with Crippen molar-refractivity contribution in [2.45, 2.75) is 13.2 Å². The van der Waals surface area contributed by atoms with Gasteiger partial charge in [0.1, 0.15) is 5.75 Å². The molecule has 1 amide bonds. The highest BCUT2D eigenvalue weighted by atomic mass is 32.1. The van der Waals surface area contributed by atoms with E-state index in [4.69, 9.17) is 9.47 Å². The fourth-order valence-electron chi connectivity index (χ4n) is 3.33. The summed E-state index contributed by atoms with van der Waals surface area (Å²) in [6.07, 6.45) is 3.23. The quantitative estimate of drug-likeness (QED) is 0.407. The van der Waals surface area contributed by atoms with Crippen LogP contribution in [-0.2, 0) is 17.9 Å². The third kappa shape index (κ3) is 4.53. The zero-order chi connectivity index (χ0) is 22.5. The second-order valence-corrected chi connectivity index (χ2v) is 8.03. The number of benzene rings is 1. The summed E-state index contributed by atoms with van der Waals surface area (Å²) in [4.78, 5) is 24.9. The molecule has 8 nitrogen and oxygen atoms in total. The van der Waals surface area contributed by atoms with Crippen molar-refractivity contribution in [2.75, 3.05) is 21.3 Å². The molecule has 0 aliphatic carbocycles. The molecule has 0 spiro atoms. The van der Waals surface area contributed by atoms with Crippen LogP contribution in [0.15, 0.2) is 60.2 Å². The molecule has 4 aromatic rings. The number of thiophene rings is 1. The molecule has 0 fully saturated rings. The lowest BCUT2D eigenvalue weighted by atomic mass is 10.1. The molecule has 4 rings (SSSR count). The monoisotopic (exact) mass is 449 g/mol. The van der Waals surface area contributed by atoms with Gasteiger partial charge in [-0.15, -0.1) is 11.3 Å². The third-order valence-corrected chi connectivity index (χ3v) is 5.78. The van der Waals surface area contributed by atoms with Gasteiger partial charge in [-0.1, -0.05) is 18.2 Å². The van der Waals surface area contributed by atoms with Gasteiger partial charge in [-0.05, 0) is 35.2 Å². The Balaban J connectivity index is 1.63. The third-order valence-electron chi connectivity index (χ3n) is 4.89. The summed E-state index contributed by atoms with van der Waals surface area (Å²) in [5, 5.41) is 6.41. The first-order chi connectivity index (χ1) is 15.6. The van der Waals surface area contributed by atoms with Crippen molar-refractivity contribution in [2.24, 2.45) is 0 Å². The first-order valence-corrected chi connectivity index (χ1v) is 10.8. The number of hydrogen-bond acceptors (Lipinski definition) is 7. The number of hydrogen-bond donors (Lipinski definition) is 0. The van der Waals surface area contributed by atoms with Crippen LogP contribution >= 0.6 is 11.3 Å². The molecule has 32 heavy (non-hydrogen) atoms. The molecule has 0 saturated heterocycles. The van der Waals surface area contributed by atoms with Crippen molar-refractivity contribution in [3.63, 3.8) is 0 Å². The van der Waals surface area contributed by atoms with Gasteiger partial charge in [0, 0.05) is 26.9 Å². The van der Waals surface area contributed by atoms with Crippen LogP contribution in [0.1, 0.15) is 21.6 Å². The van der Waals surface area contributed by atoms with Gasteiger partial charge in [0.2, 0.25) is 0 Å².